The number of nitro groups is 1. The summed E-state index contributed by atoms with van der Waals surface area (Å²) in [7, 11) is 4.34. The first-order valence-corrected chi connectivity index (χ1v) is 8.10. The van der Waals surface area contributed by atoms with Crippen LogP contribution in [0.3, 0.4) is 0 Å². The van der Waals surface area contributed by atoms with Crippen molar-refractivity contribution in [3.63, 3.8) is 0 Å². The molecule has 0 spiro atoms. The molecule has 26 heavy (non-hydrogen) atoms. The molecule has 8 heteroatoms. The van der Waals surface area contributed by atoms with Crippen molar-refractivity contribution in [2.24, 2.45) is 0 Å². The summed E-state index contributed by atoms with van der Waals surface area (Å²) in [6.45, 7) is 0. The summed E-state index contributed by atoms with van der Waals surface area (Å²) in [5.74, 6) is 0.513. The molecule has 0 fully saturated rings. The number of halogens is 1. The number of Topliss-reactive ketones (excluding diaryl/α,β-unsaturated/α-hetero) is 1. The van der Waals surface area contributed by atoms with Gasteiger partial charge in [-0.2, -0.15) is 0 Å². The number of hydrogen-bond acceptors (Lipinski definition) is 6. The molecule has 0 heterocycles. The fraction of sp³-hybridized carbons (Fsp3) is 0.278. The molecule has 0 aromatic heterocycles. The van der Waals surface area contributed by atoms with Gasteiger partial charge in [0.1, 0.15) is 5.02 Å². The number of fused-ring (bicyclic) bond motifs is 1. The highest BCUT2D eigenvalue weighted by atomic mass is 35.5. The van der Waals surface area contributed by atoms with E-state index in [2.05, 4.69) is 0 Å². The predicted octanol–water partition coefficient (Wildman–Crippen LogP) is 3.99. The Balaban J connectivity index is 2.22. The van der Waals surface area contributed by atoms with Crippen molar-refractivity contribution in [3.8, 4) is 17.2 Å². The van der Waals surface area contributed by atoms with Crippen LogP contribution < -0.4 is 14.2 Å². The molecule has 2 aromatic carbocycles. The third kappa shape index (κ3) is 2.74. The minimum Gasteiger partial charge on any atom is -0.493 e. The molecule has 1 atom stereocenters. The molecule has 1 aliphatic carbocycles. The summed E-state index contributed by atoms with van der Waals surface area (Å²) < 4.78 is 15.9. The Kier molecular flexibility index (Phi) is 4.73. The molecule has 0 radical (unpaired) electrons. The number of ketones is 1. The number of carbonyl (C=O) groups is 1. The molecule has 1 aliphatic rings. The van der Waals surface area contributed by atoms with Crippen LogP contribution in [0.2, 0.25) is 5.02 Å². The van der Waals surface area contributed by atoms with E-state index in [4.69, 9.17) is 25.8 Å². The monoisotopic (exact) mass is 377 g/mol. The van der Waals surface area contributed by atoms with E-state index in [-0.39, 0.29) is 28.7 Å². The first-order valence-electron chi connectivity index (χ1n) is 7.72. The van der Waals surface area contributed by atoms with Crippen molar-refractivity contribution >= 4 is 23.1 Å². The zero-order chi connectivity index (χ0) is 19.0. The highest BCUT2D eigenvalue weighted by Gasteiger charge is 2.36. The van der Waals surface area contributed by atoms with Gasteiger partial charge in [0.15, 0.2) is 17.3 Å². The van der Waals surface area contributed by atoms with E-state index in [1.807, 2.05) is 0 Å². The van der Waals surface area contributed by atoms with E-state index in [1.165, 1.54) is 27.4 Å². The van der Waals surface area contributed by atoms with Gasteiger partial charge in [-0.05, 0) is 23.8 Å². The van der Waals surface area contributed by atoms with Crippen LogP contribution in [0.25, 0.3) is 0 Å². The third-order valence-electron chi connectivity index (χ3n) is 4.50. The lowest BCUT2D eigenvalue weighted by Gasteiger charge is -2.17. The Bertz CT molecular complexity index is 911. The third-order valence-corrected chi connectivity index (χ3v) is 4.80. The van der Waals surface area contributed by atoms with Crippen LogP contribution in [0.15, 0.2) is 24.3 Å². The Morgan fingerprint density at radius 3 is 2.31 bits per heavy atom. The molecular formula is C18H16ClNO6. The Morgan fingerprint density at radius 2 is 1.73 bits per heavy atom. The quantitative estimate of drug-likeness (QED) is 0.578. The molecule has 7 nitrogen and oxygen atoms in total. The summed E-state index contributed by atoms with van der Waals surface area (Å²) in [4.78, 5) is 23.3. The first-order chi connectivity index (χ1) is 12.4. The molecule has 0 aliphatic heterocycles. The summed E-state index contributed by atoms with van der Waals surface area (Å²) >= 11 is 5.97. The van der Waals surface area contributed by atoms with E-state index in [1.54, 1.807) is 18.2 Å². The normalized spacial score (nSPS) is 15.5. The number of nitrogens with zero attached hydrogens (tertiary/aromatic N) is 1. The number of hydrogen-bond donors (Lipinski definition) is 0. The molecule has 136 valence electrons. The summed E-state index contributed by atoms with van der Waals surface area (Å²) in [5, 5.41) is 11.4. The molecule has 0 bridgehead atoms. The van der Waals surface area contributed by atoms with Crippen LogP contribution in [-0.2, 0) is 0 Å². The van der Waals surface area contributed by atoms with Gasteiger partial charge < -0.3 is 14.2 Å². The average molecular weight is 378 g/mol. The predicted molar refractivity (Wildman–Crippen MR) is 95.0 cm³/mol. The van der Waals surface area contributed by atoms with Gasteiger partial charge in [-0.3, -0.25) is 14.9 Å². The smallest absolute Gasteiger partial charge is 0.329 e. The SMILES string of the molecule is COc1cc2c(cc1OC)C(c1ccc(Cl)c([N+](=O)[O-])c1OC)CC2=O. The van der Waals surface area contributed by atoms with E-state index in [0.29, 0.717) is 28.2 Å². The second-order valence-corrected chi connectivity index (χ2v) is 6.16. The number of carbonyl (C=O) groups excluding carboxylic acids is 1. The molecule has 0 saturated heterocycles. The largest absolute Gasteiger partial charge is 0.493 e. The van der Waals surface area contributed by atoms with Crippen LogP contribution in [0.5, 0.6) is 17.2 Å². The summed E-state index contributed by atoms with van der Waals surface area (Å²) in [5.41, 5.74) is 1.44. The molecule has 3 rings (SSSR count). The Morgan fingerprint density at radius 1 is 1.08 bits per heavy atom. The maximum Gasteiger partial charge on any atom is 0.329 e. The topological polar surface area (TPSA) is 87.9 Å². The Hall–Kier alpha value is -2.80. The highest BCUT2D eigenvalue weighted by molar-refractivity contribution is 6.33. The van der Waals surface area contributed by atoms with Gasteiger partial charge in [0, 0.05) is 23.5 Å². The lowest BCUT2D eigenvalue weighted by molar-refractivity contribution is -0.385. The average Bonchev–Trinajstić information content (AvgIpc) is 2.95. The van der Waals surface area contributed by atoms with Crippen LogP contribution in [0.1, 0.15) is 33.8 Å². The van der Waals surface area contributed by atoms with Gasteiger partial charge in [-0.15, -0.1) is 0 Å². The molecule has 2 aromatic rings. The van der Waals surface area contributed by atoms with Gasteiger partial charge in [-0.25, -0.2) is 0 Å². The van der Waals surface area contributed by atoms with Crippen molar-refractivity contribution in [1.29, 1.82) is 0 Å². The van der Waals surface area contributed by atoms with Gasteiger partial charge >= 0.3 is 5.69 Å². The van der Waals surface area contributed by atoms with E-state index < -0.39 is 10.8 Å². The first kappa shape index (κ1) is 18.0. The van der Waals surface area contributed by atoms with Gasteiger partial charge in [0.2, 0.25) is 5.75 Å². The number of rotatable bonds is 5. The number of methoxy groups -OCH3 is 3. The van der Waals surface area contributed by atoms with Crippen LogP contribution in [-0.4, -0.2) is 32.0 Å². The van der Waals surface area contributed by atoms with Crippen molar-refractivity contribution in [2.45, 2.75) is 12.3 Å². The van der Waals surface area contributed by atoms with Gasteiger partial charge in [0.05, 0.1) is 26.3 Å². The molecular weight excluding hydrogens is 362 g/mol. The fourth-order valence-electron chi connectivity index (χ4n) is 3.33. The second kappa shape index (κ2) is 6.84. The van der Waals surface area contributed by atoms with E-state index >= 15 is 0 Å². The maximum absolute atomic E-state index is 12.5. The summed E-state index contributed by atoms with van der Waals surface area (Å²) in [6.07, 6.45) is 0.167. The number of nitro benzene ring substituents is 1. The zero-order valence-corrected chi connectivity index (χ0v) is 15.1. The summed E-state index contributed by atoms with van der Waals surface area (Å²) in [6, 6.07) is 6.45. The number of ether oxygens (including phenoxy) is 3. The fourth-order valence-corrected chi connectivity index (χ4v) is 3.55. The van der Waals surface area contributed by atoms with E-state index in [9.17, 15) is 14.9 Å². The van der Waals surface area contributed by atoms with Crippen LogP contribution in [0.4, 0.5) is 5.69 Å². The minimum absolute atomic E-state index is 0.0209. The Labute approximate surface area is 154 Å². The van der Waals surface area contributed by atoms with Crippen molar-refractivity contribution in [3.05, 3.63) is 56.1 Å². The maximum atomic E-state index is 12.5. The highest BCUT2D eigenvalue weighted by Crippen LogP contribution is 2.48. The standard InChI is InChI=1S/C18H16ClNO6/c1-24-15-7-11-10(6-14(21)12(11)8-16(15)25-2)9-4-5-13(19)17(20(22)23)18(9)26-3/h4-5,7-8,10H,6H2,1-3H3. The lowest BCUT2D eigenvalue weighted by atomic mass is 9.91. The van der Waals surface area contributed by atoms with Gasteiger partial charge in [0.25, 0.3) is 0 Å². The molecule has 0 saturated carbocycles. The van der Waals surface area contributed by atoms with Crippen molar-refractivity contribution in [1.82, 2.24) is 0 Å². The number of benzene rings is 2. The van der Waals surface area contributed by atoms with E-state index in [0.717, 1.165) is 0 Å². The lowest BCUT2D eigenvalue weighted by Crippen LogP contribution is -2.04. The second-order valence-electron chi connectivity index (χ2n) is 5.75. The van der Waals surface area contributed by atoms with Gasteiger partial charge in [-0.1, -0.05) is 17.7 Å². The van der Waals surface area contributed by atoms with Crippen molar-refractivity contribution < 1.29 is 23.9 Å². The zero-order valence-electron chi connectivity index (χ0n) is 14.4. The minimum atomic E-state index is -0.586. The van der Waals surface area contributed by atoms with Crippen molar-refractivity contribution in [2.75, 3.05) is 21.3 Å². The van der Waals surface area contributed by atoms with Crippen LogP contribution >= 0.6 is 11.6 Å². The molecule has 0 amide bonds. The molecule has 1 unspecified atom stereocenters. The molecule has 0 N–H and O–H groups in total. The van der Waals surface area contributed by atoms with Crippen LogP contribution in [0, 0.1) is 10.1 Å².